The number of hydrogen-bond donors (Lipinski definition) is 1. The van der Waals surface area contributed by atoms with Gasteiger partial charge in [0.2, 0.25) is 5.89 Å². The molecule has 1 amide bonds. The molecule has 1 unspecified atom stereocenters. The van der Waals surface area contributed by atoms with E-state index in [2.05, 4.69) is 52.2 Å². The molecular weight excluding hydrogens is 492 g/mol. The first kappa shape index (κ1) is 22.2. The fourth-order valence-corrected chi connectivity index (χ4v) is 3.99. The van der Waals surface area contributed by atoms with E-state index in [1.54, 1.807) is 12.1 Å². The second kappa shape index (κ2) is 9.31. The average molecular weight is 515 g/mol. The van der Waals surface area contributed by atoms with Crippen LogP contribution in [0.25, 0.3) is 33.9 Å². The van der Waals surface area contributed by atoms with Gasteiger partial charge in [-0.2, -0.15) is 0 Å². The molecule has 0 aliphatic heterocycles. The van der Waals surface area contributed by atoms with Crippen LogP contribution in [-0.4, -0.2) is 10.9 Å². The number of furan rings is 1. The molecule has 0 saturated heterocycles. The Morgan fingerprint density at radius 1 is 0.941 bits per heavy atom. The van der Waals surface area contributed by atoms with Crippen LogP contribution in [-0.2, 0) is 0 Å². The minimum Gasteiger partial charge on any atom is -0.451 e. The van der Waals surface area contributed by atoms with Crippen LogP contribution in [0.2, 0.25) is 0 Å². The second-order valence-corrected chi connectivity index (χ2v) is 9.17. The Kier molecular flexibility index (Phi) is 6.07. The van der Waals surface area contributed by atoms with Gasteiger partial charge < -0.3 is 14.2 Å². The number of carbonyl (C=O) groups excluding carboxylic acids is 1. The predicted octanol–water partition coefficient (Wildman–Crippen LogP) is 8.28. The highest BCUT2D eigenvalue weighted by Crippen LogP contribution is 2.29. The van der Waals surface area contributed by atoms with Crippen molar-refractivity contribution in [2.24, 2.45) is 0 Å². The van der Waals surface area contributed by atoms with Crippen LogP contribution in [0, 0.1) is 0 Å². The molecule has 1 atom stereocenters. The van der Waals surface area contributed by atoms with Gasteiger partial charge in [-0.3, -0.25) is 4.79 Å². The Morgan fingerprint density at radius 2 is 1.68 bits per heavy atom. The van der Waals surface area contributed by atoms with Crippen molar-refractivity contribution in [2.45, 2.75) is 26.2 Å². The van der Waals surface area contributed by atoms with Crippen LogP contribution >= 0.6 is 15.9 Å². The van der Waals surface area contributed by atoms with Crippen LogP contribution in [0.4, 0.5) is 5.69 Å². The Balaban J connectivity index is 1.30. The third kappa shape index (κ3) is 4.54. The molecular formula is C28H23BrN2O3. The number of halogens is 1. The van der Waals surface area contributed by atoms with E-state index < -0.39 is 0 Å². The predicted molar refractivity (Wildman–Crippen MR) is 138 cm³/mol. The van der Waals surface area contributed by atoms with E-state index in [-0.39, 0.29) is 11.7 Å². The van der Waals surface area contributed by atoms with Crippen molar-refractivity contribution in [3.8, 4) is 22.8 Å². The minimum atomic E-state index is -0.310. The van der Waals surface area contributed by atoms with Gasteiger partial charge in [-0.25, -0.2) is 4.98 Å². The molecule has 170 valence electrons. The van der Waals surface area contributed by atoms with Crippen molar-refractivity contribution in [3.63, 3.8) is 0 Å². The van der Waals surface area contributed by atoms with E-state index in [4.69, 9.17) is 8.83 Å². The minimum absolute atomic E-state index is 0.248. The van der Waals surface area contributed by atoms with Crippen molar-refractivity contribution >= 4 is 38.6 Å². The number of benzene rings is 3. The largest absolute Gasteiger partial charge is 0.451 e. The summed E-state index contributed by atoms with van der Waals surface area (Å²) < 4.78 is 12.7. The van der Waals surface area contributed by atoms with Gasteiger partial charge in [0.25, 0.3) is 5.91 Å². The van der Waals surface area contributed by atoms with Crippen molar-refractivity contribution in [1.82, 2.24) is 4.98 Å². The van der Waals surface area contributed by atoms with E-state index in [1.807, 2.05) is 54.6 Å². The SMILES string of the molecule is CCC(C)c1ccc2oc(-c3ccc(NC(=O)c4ccc(-c5ccc(Br)cc5)o4)cc3)nc2c1. The summed E-state index contributed by atoms with van der Waals surface area (Å²) in [6.07, 6.45) is 1.08. The number of nitrogens with zero attached hydrogens (tertiary/aromatic N) is 1. The van der Waals surface area contributed by atoms with Gasteiger partial charge in [0.05, 0.1) is 0 Å². The van der Waals surface area contributed by atoms with Gasteiger partial charge in [-0.1, -0.05) is 48.0 Å². The monoisotopic (exact) mass is 514 g/mol. The highest BCUT2D eigenvalue weighted by molar-refractivity contribution is 9.10. The summed E-state index contributed by atoms with van der Waals surface area (Å²) in [4.78, 5) is 17.3. The van der Waals surface area contributed by atoms with Crippen LogP contribution in [0.3, 0.4) is 0 Å². The van der Waals surface area contributed by atoms with Gasteiger partial charge in [0.15, 0.2) is 11.3 Å². The number of carbonyl (C=O) groups is 1. The lowest BCUT2D eigenvalue weighted by Crippen LogP contribution is -2.10. The lowest BCUT2D eigenvalue weighted by atomic mass is 9.98. The second-order valence-electron chi connectivity index (χ2n) is 8.26. The molecule has 0 spiro atoms. The summed E-state index contributed by atoms with van der Waals surface area (Å²) in [5.74, 6) is 1.61. The zero-order valence-corrected chi connectivity index (χ0v) is 20.4. The molecule has 3 aromatic carbocycles. The van der Waals surface area contributed by atoms with E-state index in [9.17, 15) is 4.79 Å². The fraction of sp³-hybridized carbons (Fsp3) is 0.143. The highest BCUT2D eigenvalue weighted by atomic mass is 79.9. The molecule has 0 aliphatic carbocycles. The normalized spacial score (nSPS) is 12.1. The van der Waals surface area contributed by atoms with E-state index >= 15 is 0 Å². The van der Waals surface area contributed by atoms with Gasteiger partial charge in [0, 0.05) is 21.3 Å². The van der Waals surface area contributed by atoms with E-state index in [1.165, 1.54) is 5.56 Å². The maximum atomic E-state index is 12.7. The first-order chi connectivity index (χ1) is 16.5. The number of anilines is 1. The number of oxazole rings is 1. The Bertz CT molecular complexity index is 1450. The lowest BCUT2D eigenvalue weighted by molar-refractivity contribution is 0.0997. The summed E-state index contributed by atoms with van der Waals surface area (Å²) in [7, 11) is 0. The third-order valence-corrected chi connectivity index (χ3v) is 6.47. The third-order valence-electron chi connectivity index (χ3n) is 5.94. The first-order valence-electron chi connectivity index (χ1n) is 11.2. The fourth-order valence-electron chi connectivity index (χ4n) is 3.73. The zero-order chi connectivity index (χ0) is 23.7. The zero-order valence-electron chi connectivity index (χ0n) is 18.8. The van der Waals surface area contributed by atoms with Crippen LogP contribution in [0.1, 0.15) is 42.3 Å². The summed E-state index contributed by atoms with van der Waals surface area (Å²) in [5, 5.41) is 2.87. The van der Waals surface area contributed by atoms with Gasteiger partial charge >= 0.3 is 0 Å². The maximum Gasteiger partial charge on any atom is 0.291 e. The molecule has 2 heterocycles. The van der Waals surface area contributed by atoms with Crippen molar-refractivity contribution in [2.75, 3.05) is 5.32 Å². The molecule has 5 aromatic rings. The van der Waals surface area contributed by atoms with Crippen LogP contribution in [0.15, 0.2) is 92.2 Å². The molecule has 2 aromatic heterocycles. The Morgan fingerprint density at radius 3 is 2.41 bits per heavy atom. The molecule has 0 saturated carbocycles. The topological polar surface area (TPSA) is 68.3 Å². The van der Waals surface area contributed by atoms with Crippen LogP contribution < -0.4 is 5.32 Å². The highest BCUT2D eigenvalue weighted by Gasteiger charge is 2.14. The summed E-state index contributed by atoms with van der Waals surface area (Å²) >= 11 is 3.42. The number of amides is 1. The molecule has 0 radical (unpaired) electrons. The molecule has 1 N–H and O–H groups in total. The van der Waals surface area contributed by atoms with E-state index in [0.717, 1.165) is 33.1 Å². The maximum absolute atomic E-state index is 12.7. The summed E-state index contributed by atoms with van der Waals surface area (Å²) in [5.41, 5.74) is 5.28. The molecule has 34 heavy (non-hydrogen) atoms. The van der Waals surface area contributed by atoms with Gasteiger partial charge in [-0.05, 0) is 78.6 Å². The lowest BCUT2D eigenvalue weighted by Gasteiger charge is -2.07. The number of hydrogen-bond acceptors (Lipinski definition) is 4. The molecule has 0 aliphatic rings. The number of rotatable bonds is 6. The molecule has 6 heteroatoms. The molecule has 5 rings (SSSR count). The Hall–Kier alpha value is -3.64. The van der Waals surface area contributed by atoms with Crippen molar-refractivity contribution in [1.29, 1.82) is 0 Å². The van der Waals surface area contributed by atoms with Crippen molar-refractivity contribution in [3.05, 3.63) is 94.7 Å². The number of fused-ring (bicyclic) bond motifs is 1. The molecule has 5 nitrogen and oxygen atoms in total. The van der Waals surface area contributed by atoms with E-state index in [0.29, 0.717) is 23.3 Å². The smallest absolute Gasteiger partial charge is 0.291 e. The first-order valence-corrected chi connectivity index (χ1v) is 12.0. The van der Waals surface area contributed by atoms with Crippen molar-refractivity contribution < 1.29 is 13.6 Å². The molecule has 0 fully saturated rings. The standard InChI is InChI=1S/C28H23BrN2O3/c1-3-17(2)20-8-13-25-23(16-20)31-28(34-25)19-6-11-22(12-7-19)30-27(32)26-15-14-24(33-26)18-4-9-21(29)10-5-18/h4-17H,3H2,1-2H3,(H,30,32). The number of nitrogens with one attached hydrogen (secondary N) is 1. The average Bonchev–Trinajstić information content (AvgIpc) is 3.52. The summed E-state index contributed by atoms with van der Waals surface area (Å²) in [6.45, 7) is 4.39. The Labute approximate surface area is 205 Å². The molecule has 0 bridgehead atoms. The number of aromatic nitrogens is 1. The van der Waals surface area contributed by atoms with Gasteiger partial charge in [-0.15, -0.1) is 0 Å². The van der Waals surface area contributed by atoms with Crippen LogP contribution in [0.5, 0.6) is 0 Å². The quantitative estimate of drug-likeness (QED) is 0.247. The summed E-state index contributed by atoms with van der Waals surface area (Å²) in [6, 6.07) is 24.8. The van der Waals surface area contributed by atoms with Gasteiger partial charge in [0.1, 0.15) is 11.3 Å².